The molecule has 2 heterocycles. The number of aromatic nitrogens is 4. The number of carbonyl (C=O) groups is 1. The molecule has 0 spiro atoms. The van der Waals surface area contributed by atoms with Crippen molar-refractivity contribution in [1.29, 1.82) is 0 Å². The average Bonchev–Trinajstić information content (AvgIpc) is 3.34. The van der Waals surface area contributed by atoms with Crippen molar-refractivity contribution in [3.63, 3.8) is 0 Å². The van der Waals surface area contributed by atoms with Gasteiger partial charge in [-0.25, -0.2) is 0 Å². The number of rotatable bonds is 6. The average molecular weight is 363 g/mol. The second-order valence-corrected chi connectivity index (χ2v) is 7.44. The van der Waals surface area contributed by atoms with E-state index in [1.807, 2.05) is 12.1 Å². The van der Waals surface area contributed by atoms with E-state index in [-0.39, 0.29) is 5.91 Å². The smallest absolute Gasteiger partial charge is 0.220 e. The number of nitrogens with one attached hydrogen (secondary N) is 1. The normalized spacial score (nSPS) is 14.7. The molecule has 0 saturated heterocycles. The van der Waals surface area contributed by atoms with Gasteiger partial charge in [0, 0.05) is 12.0 Å². The number of hydrogen-bond acceptors (Lipinski definition) is 4. The van der Waals surface area contributed by atoms with Gasteiger partial charge in [-0.1, -0.05) is 55.5 Å². The molecule has 0 aliphatic heterocycles. The predicted octanol–water partition coefficient (Wildman–Crippen LogP) is 3.69. The van der Waals surface area contributed by atoms with Crippen LogP contribution < -0.4 is 5.32 Å². The van der Waals surface area contributed by atoms with Crippen molar-refractivity contribution >= 4 is 11.6 Å². The monoisotopic (exact) mass is 363 g/mol. The van der Waals surface area contributed by atoms with Crippen LogP contribution in [0.2, 0.25) is 0 Å². The molecule has 1 amide bonds. The van der Waals surface area contributed by atoms with E-state index in [9.17, 15) is 4.79 Å². The lowest BCUT2D eigenvalue weighted by atomic mass is 10.0. The first-order valence-corrected chi connectivity index (χ1v) is 9.74. The van der Waals surface area contributed by atoms with Crippen LogP contribution in [0.25, 0.3) is 16.9 Å². The maximum atomic E-state index is 12.2. The van der Waals surface area contributed by atoms with Gasteiger partial charge in [0.2, 0.25) is 5.91 Å². The molecule has 1 saturated carbocycles. The summed E-state index contributed by atoms with van der Waals surface area (Å²) in [4.78, 5) is 12.2. The van der Waals surface area contributed by atoms with E-state index in [1.165, 1.54) is 31.2 Å². The van der Waals surface area contributed by atoms with Gasteiger partial charge >= 0.3 is 0 Å². The summed E-state index contributed by atoms with van der Waals surface area (Å²) in [5.41, 5.74) is 3.80. The fourth-order valence-corrected chi connectivity index (χ4v) is 3.72. The maximum absolute atomic E-state index is 12.2. The van der Waals surface area contributed by atoms with Crippen molar-refractivity contribution in [3.05, 3.63) is 47.8 Å². The van der Waals surface area contributed by atoms with Gasteiger partial charge in [0.1, 0.15) is 0 Å². The van der Waals surface area contributed by atoms with Crippen molar-refractivity contribution in [2.45, 2.75) is 52.0 Å². The Labute approximate surface area is 159 Å². The zero-order valence-corrected chi connectivity index (χ0v) is 15.7. The van der Waals surface area contributed by atoms with Gasteiger partial charge in [-0.05, 0) is 31.4 Å². The van der Waals surface area contributed by atoms with Crippen molar-refractivity contribution in [3.8, 4) is 11.3 Å². The summed E-state index contributed by atoms with van der Waals surface area (Å²) in [6.45, 7) is 2.41. The van der Waals surface area contributed by atoms with Crippen LogP contribution in [0.3, 0.4) is 0 Å². The standard InChI is InChI=1S/C21H25N5O/c1-15-6-9-17(10-7-15)18-11-12-19-23-24-20(26(19)25-18)14-22-21(27)13-8-16-4-2-3-5-16/h6-7,9-12,16H,2-5,8,13-14H2,1H3,(H,22,27). The molecule has 1 aliphatic carbocycles. The van der Waals surface area contributed by atoms with Crippen LogP contribution in [0.15, 0.2) is 36.4 Å². The molecule has 27 heavy (non-hydrogen) atoms. The predicted molar refractivity (Wildman–Crippen MR) is 104 cm³/mol. The molecule has 2 aromatic heterocycles. The molecule has 0 radical (unpaired) electrons. The van der Waals surface area contributed by atoms with Crippen molar-refractivity contribution in [2.24, 2.45) is 5.92 Å². The number of fused-ring (bicyclic) bond motifs is 1. The first-order valence-electron chi connectivity index (χ1n) is 9.74. The Morgan fingerprint density at radius 2 is 1.89 bits per heavy atom. The van der Waals surface area contributed by atoms with Crippen molar-refractivity contribution in [1.82, 2.24) is 25.1 Å². The fraction of sp³-hybridized carbons (Fsp3) is 0.429. The van der Waals surface area contributed by atoms with Crippen molar-refractivity contribution < 1.29 is 4.79 Å². The SMILES string of the molecule is Cc1ccc(-c2ccc3nnc(CNC(=O)CCC4CCCC4)n3n2)cc1. The lowest BCUT2D eigenvalue weighted by Gasteiger charge is -2.08. The van der Waals surface area contributed by atoms with E-state index in [0.29, 0.717) is 24.4 Å². The zero-order chi connectivity index (χ0) is 18.6. The Hall–Kier alpha value is -2.76. The second kappa shape index (κ2) is 7.86. The summed E-state index contributed by atoms with van der Waals surface area (Å²) in [5.74, 6) is 1.45. The summed E-state index contributed by atoms with van der Waals surface area (Å²) in [7, 11) is 0. The summed E-state index contributed by atoms with van der Waals surface area (Å²) >= 11 is 0. The van der Waals surface area contributed by atoms with Gasteiger partial charge in [0.15, 0.2) is 11.5 Å². The number of amides is 1. The minimum Gasteiger partial charge on any atom is -0.349 e. The molecular weight excluding hydrogens is 338 g/mol. The molecule has 6 heteroatoms. The molecule has 1 fully saturated rings. The van der Waals surface area contributed by atoms with Crippen LogP contribution in [-0.2, 0) is 11.3 Å². The fourth-order valence-electron chi connectivity index (χ4n) is 3.72. The van der Waals surface area contributed by atoms with Crippen LogP contribution in [0, 0.1) is 12.8 Å². The quantitative estimate of drug-likeness (QED) is 0.725. The summed E-state index contributed by atoms with van der Waals surface area (Å²) in [6, 6.07) is 12.1. The van der Waals surface area contributed by atoms with E-state index < -0.39 is 0 Å². The number of benzene rings is 1. The van der Waals surface area contributed by atoms with Crippen LogP contribution in [-0.4, -0.2) is 25.7 Å². The third kappa shape index (κ3) is 4.15. The second-order valence-electron chi connectivity index (χ2n) is 7.44. The maximum Gasteiger partial charge on any atom is 0.220 e. The molecular formula is C21H25N5O. The molecule has 0 atom stereocenters. The van der Waals surface area contributed by atoms with Gasteiger partial charge in [-0.2, -0.15) is 9.61 Å². The number of carbonyl (C=O) groups excluding carboxylic acids is 1. The number of hydrogen-bond donors (Lipinski definition) is 1. The third-order valence-electron chi connectivity index (χ3n) is 5.37. The number of nitrogens with zero attached hydrogens (tertiary/aromatic N) is 4. The highest BCUT2D eigenvalue weighted by atomic mass is 16.1. The molecule has 1 aliphatic rings. The Morgan fingerprint density at radius 1 is 1.11 bits per heavy atom. The zero-order valence-electron chi connectivity index (χ0n) is 15.7. The highest BCUT2D eigenvalue weighted by Crippen LogP contribution is 2.28. The molecule has 1 aromatic carbocycles. The van der Waals surface area contributed by atoms with Gasteiger partial charge < -0.3 is 5.32 Å². The van der Waals surface area contributed by atoms with Crippen LogP contribution >= 0.6 is 0 Å². The topological polar surface area (TPSA) is 72.2 Å². The molecule has 140 valence electrons. The summed E-state index contributed by atoms with van der Waals surface area (Å²) < 4.78 is 1.71. The van der Waals surface area contributed by atoms with E-state index in [2.05, 4.69) is 51.8 Å². The van der Waals surface area contributed by atoms with Gasteiger partial charge in [0.05, 0.1) is 12.2 Å². The van der Waals surface area contributed by atoms with Gasteiger partial charge in [-0.15, -0.1) is 10.2 Å². The van der Waals surface area contributed by atoms with Crippen molar-refractivity contribution in [2.75, 3.05) is 0 Å². The summed E-state index contributed by atoms with van der Waals surface area (Å²) in [6.07, 6.45) is 6.74. The van der Waals surface area contributed by atoms with E-state index in [0.717, 1.165) is 23.6 Å². The molecule has 0 unspecified atom stereocenters. The largest absolute Gasteiger partial charge is 0.349 e. The van der Waals surface area contributed by atoms with E-state index in [4.69, 9.17) is 0 Å². The third-order valence-corrected chi connectivity index (χ3v) is 5.37. The molecule has 0 bridgehead atoms. The van der Waals surface area contributed by atoms with Crippen LogP contribution in [0.5, 0.6) is 0 Å². The summed E-state index contributed by atoms with van der Waals surface area (Å²) in [5, 5.41) is 16.0. The minimum absolute atomic E-state index is 0.0772. The lowest BCUT2D eigenvalue weighted by Crippen LogP contribution is -2.24. The molecule has 6 nitrogen and oxygen atoms in total. The highest BCUT2D eigenvalue weighted by molar-refractivity contribution is 5.75. The van der Waals surface area contributed by atoms with E-state index in [1.54, 1.807) is 4.52 Å². The number of aryl methyl sites for hydroxylation is 1. The van der Waals surface area contributed by atoms with E-state index >= 15 is 0 Å². The Morgan fingerprint density at radius 3 is 2.67 bits per heavy atom. The molecule has 3 aromatic rings. The van der Waals surface area contributed by atoms with Crippen LogP contribution in [0.4, 0.5) is 0 Å². The molecule has 1 N–H and O–H groups in total. The van der Waals surface area contributed by atoms with Gasteiger partial charge in [-0.3, -0.25) is 4.79 Å². The first-order chi connectivity index (χ1) is 13.2. The lowest BCUT2D eigenvalue weighted by molar-refractivity contribution is -0.121. The van der Waals surface area contributed by atoms with Crippen LogP contribution in [0.1, 0.15) is 49.9 Å². The molecule has 4 rings (SSSR count). The first kappa shape index (κ1) is 17.6. The highest BCUT2D eigenvalue weighted by Gasteiger charge is 2.16. The van der Waals surface area contributed by atoms with Gasteiger partial charge in [0.25, 0.3) is 0 Å². The minimum atomic E-state index is 0.0772. The Kier molecular flexibility index (Phi) is 5.14. The Balaban J connectivity index is 1.43. The Bertz CT molecular complexity index is 925.